The number of amides is 2. The molecule has 0 spiro atoms. The smallest absolute Gasteiger partial charge is 0.251 e. The first-order chi connectivity index (χ1) is 10.8. The van der Waals surface area contributed by atoms with E-state index in [-0.39, 0.29) is 11.8 Å². The quantitative estimate of drug-likeness (QED) is 0.909. The number of hydrogen-bond acceptors (Lipinski definition) is 3. The molecular formula is C17H22N4O2. The van der Waals surface area contributed by atoms with Crippen LogP contribution in [0.5, 0.6) is 0 Å². The highest BCUT2D eigenvalue weighted by Crippen LogP contribution is 2.17. The van der Waals surface area contributed by atoms with Crippen LogP contribution in [0, 0.1) is 5.41 Å². The third-order valence-electron chi connectivity index (χ3n) is 3.33. The number of carbonyl (C=O) groups is 2. The zero-order valence-corrected chi connectivity index (χ0v) is 13.9. The van der Waals surface area contributed by atoms with Crippen LogP contribution < -0.4 is 10.6 Å². The second-order valence-corrected chi connectivity index (χ2v) is 6.41. The maximum atomic E-state index is 12.0. The van der Waals surface area contributed by atoms with E-state index in [0.717, 1.165) is 5.56 Å². The van der Waals surface area contributed by atoms with Gasteiger partial charge in [0.1, 0.15) is 0 Å². The minimum atomic E-state index is -0.454. The molecule has 6 heteroatoms. The molecule has 0 unspecified atom stereocenters. The Morgan fingerprint density at radius 2 is 2.00 bits per heavy atom. The van der Waals surface area contributed by atoms with Crippen molar-refractivity contribution in [1.82, 2.24) is 15.1 Å². The third kappa shape index (κ3) is 4.42. The summed E-state index contributed by atoms with van der Waals surface area (Å²) < 4.78 is 1.72. The number of nitrogens with one attached hydrogen (secondary N) is 2. The van der Waals surface area contributed by atoms with Crippen molar-refractivity contribution in [3.63, 3.8) is 0 Å². The molecule has 0 aliphatic rings. The van der Waals surface area contributed by atoms with Crippen LogP contribution in [0.1, 0.15) is 36.7 Å². The fraction of sp³-hybridized carbons (Fsp3) is 0.353. The van der Waals surface area contributed by atoms with Crippen LogP contribution in [0.25, 0.3) is 0 Å². The van der Waals surface area contributed by atoms with E-state index in [1.807, 2.05) is 39.0 Å². The Labute approximate surface area is 135 Å². The van der Waals surface area contributed by atoms with Gasteiger partial charge in [0.2, 0.25) is 5.91 Å². The summed E-state index contributed by atoms with van der Waals surface area (Å²) in [6, 6.07) is 7.36. The first-order valence-electron chi connectivity index (χ1n) is 7.44. The summed E-state index contributed by atoms with van der Waals surface area (Å²) in [6.45, 7) is 6.10. The highest BCUT2D eigenvalue weighted by atomic mass is 16.2. The van der Waals surface area contributed by atoms with Gasteiger partial charge in [-0.2, -0.15) is 5.10 Å². The zero-order valence-electron chi connectivity index (χ0n) is 13.9. The topological polar surface area (TPSA) is 76.0 Å². The number of nitrogens with zero attached hydrogens (tertiary/aromatic N) is 2. The summed E-state index contributed by atoms with van der Waals surface area (Å²) in [4.78, 5) is 23.6. The van der Waals surface area contributed by atoms with Crippen LogP contribution in [0.4, 0.5) is 5.69 Å². The number of aromatic nitrogens is 2. The van der Waals surface area contributed by atoms with Crippen molar-refractivity contribution in [2.24, 2.45) is 5.41 Å². The van der Waals surface area contributed by atoms with Gasteiger partial charge < -0.3 is 10.6 Å². The molecule has 6 nitrogen and oxygen atoms in total. The molecule has 0 fully saturated rings. The molecule has 0 aliphatic carbocycles. The van der Waals surface area contributed by atoms with Gasteiger partial charge in [0.15, 0.2) is 0 Å². The number of rotatable bonds is 4. The Morgan fingerprint density at radius 1 is 1.26 bits per heavy atom. The standard InChI is InChI=1S/C17H22N4O2/c1-17(2,3)16(23)20-14-9-19-21(11-14)10-12-6-5-7-13(8-12)15(22)18-4/h5-9,11H,10H2,1-4H3,(H,18,22)(H,20,23). The van der Waals surface area contributed by atoms with Gasteiger partial charge in [-0.15, -0.1) is 0 Å². The summed E-state index contributed by atoms with van der Waals surface area (Å²) in [5.41, 5.74) is 1.78. The van der Waals surface area contributed by atoms with Crippen LogP contribution >= 0.6 is 0 Å². The number of hydrogen-bond donors (Lipinski definition) is 2. The summed E-state index contributed by atoms with van der Waals surface area (Å²) >= 11 is 0. The largest absolute Gasteiger partial charge is 0.355 e. The fourth-order valence-electron chi connectivity index (χ4n) is 1.98. The van der Waals surface area contributed by atoms with E-state index in [0.29, 0.717) is 17.8 Å². The van der Waals surface area contributed by atoms with Crippen LogP contribution in [0.2, 0.25) is 0 Å². The molecular weight excluding hydrogens is 292 g/mol. The molecule has 2 aromatic rings. The molecule has 0 saturated carbocycles. The molecule has 122 valence electrons. The second-order valence-electron chi connectivity index (χ2n) is 6.41. The van der Waals surface area contributed by atoms with Gasteiger partial charge in [-0.25, -0.2) is 0 Å². The molecule has 0 bridgehead atoms. The molecule has 2 rings (SSSR count). The van der Waals surface area contributed by atoms with Crippen molar-refractivity contribution in [3.8, 4) is 0 Å². The predicted molar refractivity (Wildman–Crippen MR) is 89.2 cm³/mol. The highest BCUT2D eigenvalue weighted by Gasteiger charge is 2.21. The minimum absolute atomic E-state index is 0.0568. The normalized spacial score (nSPS) is 11.1. The van der Waals surface area contributed by atoms with E-state index in [2.05, 4.69) is 15.7 Å². The van der Waals surface area contributed by atoms with Crippen LogP contribution in [0.3, 0.4) is 0 Å². The molecule has 1 heterocycles. The van der Waals surface area contributed by atoms with E-state index in [1.165, 1.54) is 0 Å². The fourth-order valence-corrected chi connectivity index (χ4v) is 1.98. The van der Waals surface area contributed by atoms with E-state index < -0.39 is 5.41 Å². The Balaban J connectivity index is 2.08. The molecule has 0 saturated heterocycles. The Hall–Kier alpha value is -2.63. The van der Waals surface area contributed by atoms with E-state index in [1.54, 1.807) is 30.2 Å². The van der Waals surface area contributed by atoms with Crippen molar-refractivity contribution in [2.75, 3.05) is 12.4 Å². The molecule has 0 aliphatic heterocycles. The number of carbonyl (C=O) groups excluding carboxylic acids is 2. The summed E-state index contributed by atoms with van der Waals surface area (Å²) in [5, 5.41) is 9.69. The van der Waals surface area contributed by atoms with Gasteiger partial charge in [0.05, 0.1) is 18.4 Å². The van der Waals surface area contributed by atoms with Gasteiger partial charge in [-0.1, -0.05) is 32.9 Å². The summed E-state index contributed by atoms with van der Waals surface area (Å²) in [5.74, 6) is -0.177. The molecule has 1 aromatic carbocycles. The maximum absolute atomic E-state index is 12.0. The van der Waals surface area contributed by atoms with Gasteiger partial charge in [-0.05, 0) is 17.7 Å². The first kappa shape index (κ1) is 16.7. The average molecular weight is 314 g/mol. The van der Waals surface area contributed by atoms with Gasteiger partial charge in [-0.3, -0.25) is 14.3 Å². The van der Waals surface area contributed by atoms with Gasteiger partial charge in [0.25, 0.3) is 5.91 Å². The molecule has 0 atom stereocenters. The Morgan fingerprint density at radius 3 is 2.65 bits per heavy atom. The SMILES string of the molecule is CNC(=O)c1cccc(Cn2cc(NC(=O)C(C)(C)C)cn2)c1. The molecule has 23 heavy (non-hydrogen) atoms. The lowest BCUT2D eigenvalue weighted by molar-refractivity contribution is -0.123. The number of benzene rings is 1. The van der Waals surface area contributed by atoms with Gasteiger partial charge >= 0.3 is 0 Å². The van der Waals surface area contributed by atoms with E-state index in [4.69, 9.17) is 0 Å². The number of anilines is 1. The Bertz CT molecular complexity index is 713. The minimum Gasteiger partial charge on any atom is -0.355 e. The van der Waals surface area contributed by atoms with Crippen molar-refractivity contribution < 1.29 is 9.59 Å². The molecule has 0 radical (unpaired) electrons. The summed E-state index contributed by atoms with van der Waals surface area (Å²) in [7, 11) is 1.60. The summed E-state index contributed by atoms with van der Waals surface area (Å²) in [6.07, 6.45) is 3.39. The second kappa shape index (κ2) is 6.64. The molecule has 1 aromatic heterocycles. The van der Waals surface area contributed by atoms with Crippen molar-refractivity contribution >= 4 is 17.5 Å². The van der Waals surface area contributed by atoms with Crippen molar-refractivity contribution in [1.29, 1.82) is 0 Å². The molecule has 2 N–H and O–H groups in total. The van der Waals surface area contributed by atoms with E-state index >= 15 is 0 Å². The maximum Gasteiger partial charge on any atom is 0.251 e. The monoisotopic (exact) mass is 314 g/mol. The highest BCUT2D eigenvalue weighted by molar-refractivity contribution is 5.94. The average Bonchev–Trinajstić information content (AvgIpc) is 2.92. The third-order valence-corrected chi connectivity index (χ3v) is 3.33. The van der Waals surface area contributed by atoms with E-state index in [9.17, 15) is 9.59 Å². The van der Waals surface area contributed by atoms with Gasteiger partial charge in [0, 0.05) is 24.2 Å². The van der Waals surface area contributed by atoms with Crippen molar-refractivity contribution in [2.45, 2.75) is 27.3 Å². The lowest BCUT2D eigenvalue weighted by Crippen LogP contribution is -2.27. The lowest BCUT2D eigenvalue weighted by Gasteiger charge is -2.16. The molecule has 2 amide bonds. The zero-order chi connectivity index (χ0) is 17.0. The lowest BCUT2D eigenvalue weighted by atomic mass is 9.96. The van der Waals surface area contributed by atoms with Crippen LogP contribution in [-0.4, -0.2) is 28.6 Å². The van der Waals surface area contributed by atoms with Crippen LogP contribution in [-0.2, 0) is 11.3 Å². The predicted octanol–water partition coefficient (Wildman–Crippen LogP) is 2.28. The van der Waals surface area contributed by atoms with Crippen LogP contribution in [0.15, 0.2) is 36.7 Å². The Kier molecular flexibility index (Phi) is 4.83. The van der Waals surface area contributed by atoms with Crippen molar-refractivity contribution in [3.05, 3.63) is 47.8 Å². The first-order valence-corrected chi connectivity index (χ1v) is 7.44.